The topological polar surface area (TPSA) is 48.3 Å². The van der Waals surface area contributed by atoms with Gasteiger partial charge in [0.05, 0.1) is 18.9 Å². The molecule has 0 aliphatic carbocycles. The number of nitrogens with one attached hydrogen (secondary N) is 1. The molecule has 1 aliphatic heterocycles. The normalized spacial score (nSPS) is 16.8. The van der Waals surface area contributed by atoms with Crippen molar-refractivity contribution >= 4 is 0 Å². The van der Waals surface area contributed by atoms with Crippen LogP contribution in [0.15, 0.2) is 36.9 Å². The van der Waals surface area contributed by atoms with E-state index >= 15 is 0 Å². The number of fused-ring (bicyclic) bond motifs is 1. The summed E-state index contributed by atoms with van der Waals surface area (Å²) in [5.41, 5.74) is 1.22. The van der Waals surface area contributed by atoms with Crippen molar-refractivity contribution in [3.8, 4) is 11.5 Å². The van der Waals surface area contributed by atoms with E-state index in [0.717, 1.165) is 24.6 Å². The number of aromatic nitrogens is 2. The Labute approximate surface area is 118 Å². The smallest absolute Gasteiger partial charge is 0.127 e. The van der Waals surface area contributed by atoms with Crippen LogP contribution in [-0.2, 0) is 6.54 Å². The molecule has 0 saturated carbocycles. The van der Waals surface area contributed by atoms with Crippen molar-refractivity contribution in [3.63, 3.8) is 0 Å². The molecule has 1 aromatic heterocycles. The number of ether oxygens (including phenoxy) is 2. The number of nitrogens with zero attached hydrogens (tertiary/aromatic N) is 2. The molecule has 2 aromatic rings. The SMILES string of the molecule is CCNC1COc2cc(OCCn3ccnc3)ccc21. The van der Waals surface area contributed by atoms with Crippen LogP contribution in [0.1, 0.15) is 18.5 Å². The van der Waals surface area contributed by atoms with Gasteiger partial charge in [-0.25, -0.2) is 4.98 Å². The third-order valence-electron chi connectivity index (χ3n) is 3.39. The molecule has 2 heterocycles. The highest BCUT2D eigenvalue weighted by Crippen LogP contribution is 2.35. The van der Waals surface area contributed by atoms with Gasteiger partial charge in [-0.1, -0.05) is 6.92 Å². The van der Waals surface area contributed by atoms with Crippen molar-refractivity contribution in [2.75, 3.05) is 19.8 Å². The van der Waals surface area contributed by atoms with Crippen molar-refractivity contribution in [1.29, 1.82) is 0 Å². The number of hydrogen-bond acceptors (Lipinski definition) is 4. The van der Waals surface area contributed by atoms with Crippen LogP contribution in [0.25, 0.3) is 0 Å². The maximum atomic E-state index is 5.75. The summed E-state index contributed by atoms with van der Waals surface area (Å²) in [6.07, 6.45) is 5.48. The molecule has 1 atom stereocenters. The van der Waals surface area contributed by atoms with Crippen molar-refractivity contribution in [1.82, 2.24) is 14.9 Å². The van der Waals surface area contributed by atoms with E-state index in [1.807, 2.05) is 22.9 Å². The molecule has 1 N–H and O–H groups in total. The van der Waals surface area contributed by atoms with E-state index in [1.165, 1.54) is 5.56 Å². The van der Waals surface area contributed by atoms with Gasteiger partial charge in [-0.2, -0.15) is 0 Å². The van der Waals surface area contributed by atoms with E-state index in [1.54, 1.807) is 12.5 Å². The van der Waals surface area contributed by atoms with Gasteiger partial charge in [-0.3, -0.25) is 0 Å². The number of rotatable bonds is 6. The molecule has 0 bridgehead atoms. The first-order valence-corrected chi connectivity index (χ1v) is 6.95. The molecule has 20 heavy (non-hydrogen) atoms. The zero-order chi connectivity index (χ0) is 13.8. The summed E-state index contributed by atoms with van der Waals surface area (Å²) in [7, 11) is 0. The van der Waals surface area contributed by atoms with Crippen LogP contribution in [0.3, 0.4) is 0 Å². The molecule has 0 saturated heterocycles. The molecule has 1 unspecified atom stereocenters. The summed E-state index contributed by atoms with van der Waals surface area (Å²) in [4.78, 5) is 4.00. The lowest BCUT2D eigenvalue weighted by molar-refractivity contribution is 0.292. The Morgan fingerprint density at radius 3 is 3.25 bits per heavy atom. The molecule has 0 radical (unpaired) electrons. The minimum atomic E-state index is 0.301. The first-order chi connectivity index (χ1) is 9.86. The molecule has 1 aliphatic rings. The second kappa shape index (κ2) is 5.96. The Kier molecular flexibility index (Phi) is 3.87. The fourth-order valence-electron chi connectivity index (χ4n) is 2.38. The van der Waals surface area contributed by atoms with E-state index in [4.69, 9.17) is 9.47 Å². The second-order valence-electron chi connectivity index (χ2n) is 4.77. The number of hydrogen-bond donors (Lipinski definition) is 1. The minimum Gasteiger partial charge on any atom is -0.492 e. The molecule has 0 amide bonds. The summed E-state index contributed by atoms with van der Waals surface area (Å²) in [5, 5.41) is 3.41. The number of imidazole rings is 1. The predicted molar refractivity (Wildman–Crippen MR) is 76.1 cm³/mol. The van der Waals surface area contributed by atoms with E-state index in [0.29, 0.717) is 19.3 Å². The molecule has 0 fully saturated rings. The van der Waals surface area contributed by atoms with Gasteiger partial charge in [0, 0.05) is 24.0 Å². The zero-order valence-electron chi connectivity index (χ0n) is 11.6. The average Bonchev–Trinajstić information content (AvgIpc) is 3.09. The summed E-state index contributed by atoms with van der Waals surface area (Å²) in [5.74, 6) is 1.78. The van der Waals surface area contributed by atoms with E-state index < -0.39 is 0 Å². The molecular weight excluding hydrogens is 254 g/mol. The molecule has 1 aromatic carbocycles. The van der Waals surface area contributed by atoms with Gasteiger partial charge < -0.3 is 19.4 Å². The van der Waals surface area contributed by atoms with Gasteiger partial charge >= 0.3 is 0 Å². The van der Waals surface area contributed by atoms with Gasteiger partial charge in [-0.05, 0) is 18.7 Å². The summed E-state index contributed by atoms with van der Waals surface area (Å²) >= 11 is 0. The third kappa shape index (κ3) is 2.77. The first kappa shape index (κ1) is 13.0. The van der Waals surface area contributed by atoms with E-state index in [-0.39, 0.29) is 0 Å². The Morgan fingerprint density at radius 1 is 1.50 bits per heavy atom. The maximum absolute atomic E-state index is 5.75. The van der Waals surface area contributed by atoms with Gasteiger partial charge in [0.15, 0.2) is 0 Å². The molecule has 5 heteroatoms. The molecule has 0 spiro atoms. The Bertz CT molecular complexity index is 554. The van der Waals surface area contributed by atoms with Crippen LogP contribution in [0, 0.1) is 0 Å². The predicted octanol–water partition coefficient (Wildman–Crippen LogP) is 2.01. The van der Waals surface area contributed by atoms with Crippen molar-refractivity contribution < 1.29 is 9.47 Å². The van der Waals surface area contributed by atoms with Crippen molar-refractivity contribution in [3.05, 3.63) is 42.5 Å². The number of likely N-dealkylation sites (N-methyl/N-ethyl adjacent to an activating group) is 1. The van der Waals surface area contributed by atoms with Crippen LogP contribution >= 0.6 is 0 Å². The lowest BCUT2D eigenvalue weighted by Gasteiger charge is -2.10. The minimum absolute atomic E-state index is 0.301. The van der Waals surface area contributed by atoms with Crippen LogP contribution < -0.4 is 14.8 Å². The van der Waals surface area contributed by atoms with Crippen LogP contribution in [-0.4, -0.2) is 29.3 Å². The Morgan fingerprint density at radius 2 is 2.45 bits per heavy atom. The van der Waals surface area contributed by atoms with Gasteiger partial charge in [0.25, 0.3) is 0 Å². The highest BCUT2D eigenvalue weighted by molar-refractivity contribution is 5.45. The van der Waals surface area contributed by atoms with Gasteiger partial charge in [-0.15, -0.1) is 0 Å². The Balaban J connectivity index is 1.59. The lowest BCUT2D eigenvalue weighted by atomic mass is 10.1. The molecular formula is C15H19N3O2. The fraction of sp³-hybridized carbons (Fsp3) is 0.400. The largest absolute Gasteiger partial charge is 0.492 e. The highest BCUT2D eigenvalue weighted by atomic mass is 16.5. The van der Waals surface area contributed by atoms with E-state index in [2.05, 4.69) is 23.3 Å². The Hall–Kier alpha value is -2.01. The van der Waals surface area contributed by atoms with Crippen LogP contribution in [0.2, 0.25) is 0 Å². The van der Waals surface area contributed by atoms with Crippen LogP contribution in [0.4, 0.5) is 0 Å². The lowest BCUT2D eigenvalue weighted by Crippen LogP contribution is -2.21. The fourth-order valence-corrected chi connectivity index (χ4v) is 2.38. The standard InChI is InChI=1S/C15H19N3O2/c1-2-17-14-10-20-15-9-12(3-4-13(14)15)19-8-7-18-6-5-16-11-18/h3-6,9,11,14,17H,2,7-8,10H2,1H3. The monoisotopic (exact) mass is 273 g/mol. The van der Waals surface area contributed by atoms with Gasteiger partial charge in [0.2, 0.25) is 0 Å². The second-order valence-corrected chi connectivity index (χ2v) is 4.77. The third-order valence-corrected chi connectivity index (χ3v) is 3.39. The van der Waals surface area contributed by atoms with Gasteiger partial charge in [0.1, 0.15) is 24.7 Å². The first-order valence-electron chi connectivity index (χ1n) is 6.95. The maximum Gasteiger partial charge on any atom is 0.127 e. The molecule has 3 rings (SSSR count). The average molecular weight is 273 g/mol. The number of benzene rings is 1. The van der Waals surface area contributed by atoms with Crippen molar-refractivity contribution in [2.45, 2.75) is 19.5 Å². The summed E-state index contributed by atoms with van der Waals surface area (Å²) < 4.78 is 13.4. The van der Waals surface area contributed by atoms with E-state index in [9.17, 15) is 0 Å². The summed E-state index contributed by atoms with van der Waals surface area (Å²) in [6.45, 7) is 5.15. The zero-order valence-corrected chi connectivity index (χ0v) is 11.6. The van der Waals surface area contributed by atoms with Crippen LogP contribution in [0.5, 0.6) is 11.5 Å². The molecule has 5 nitrogen and oxygen atoms in total. The van der Waals surface area contributed by atoms with Crippen molar-refractivity contribution in [2.24, 2.45) is 0 Å². The highest BCUT2D eigenvalue weighted by Gasteiger charge is 2.23. The summed E-state index contributed by atoms with van der Waals surface area (Å²) in [6, 6.07) is 6.36. The molecule has 106 valence electrons. The quantitative estimate of drug-likeness (QED) is 0.874.